The smallest absolute Gasteiger partial charge is 0.267 e. The van der Waals surface area contributed by atoms with Crippen LogP contribution in [0.4, 0.5) is 0 Å². The van der Waals surface area contributed by atoms with Crippen molar-refractivity contribution < 1.29 is 10.0 Å². The lowest BCUT2D eigenvalue weighted by Gasteiger charge is -2.23. The molecule has 2 aromatic carbocycles. The predicted molar refractivity (Wildman–Crippen MR) is 143 cm³/mol. The van der Waals surface area contributed by atoms with E-state index in [4.69, 9.17) is 5.21 Å². The van der Waals surface area contributed by atoms with Crippen molar-refractivity contribution in [3.63, 3.8) is 0 Å². The summed E-state index contributed by atoms with van der Waals surface area (Å²) in [5.41, 5.74) is 6.43. The number of rotatable bonds is 13. The highest BCUT2D eigenvalue weighted by molar-refractivity contribution is 5.90. The number of carbonyl (C=O) groups excluding carboxylic acids is 1. The van der Waals surface area contributed by atoms with Crippen molar-refractivity contribution in [2.24, 2.45) is 5.92 Å². The maximum absolute atomic E-state index is 11.2. The first kappa shape index (κ1) is 25.2. The molecule has 1 aromatic heterocycles. The first-order valence-corrected chi connectivity index (χ1v) is 13.2. The number of H-pyrrole nitrogens is 1. The minimum Gasteiger partial charge on any atom is -0.361 e. The van der Waals surface area contributed by atoms with Gasteiger partial charge in [-0.3, -0.25) is 14.9 Å². The van der Waals surface area contributed by atoms with E-state index in [1.165, 1.54) is 79.5 Å². The molecule has 1 saturated carbocycles. The van der Waals surface area contributed by atoms with Crippen LogP contribution in [0.1, 0.15) is 68.1 Å². The van der Waals surface area contributed by atoms with Crippen molar-refractivity contribution in [1.29, 1.82) is 0 Å². The number of nitrogens with one attached hydrogen (secondary N) is 2. The third-order valence-electron chi connectivity index (χ3n) is 7.36. The summed E-state index contributed by atoms with van der Waals surface area (Å²) < 4.78 is 0. The van der Waals surface area contributed by atoms with E-state index in [2.05, 4.69) is 52.5 Å². The quantitative estimate of drug-likeness (QED) is 0.115. The standard InChI is InChI=1S/C30H39N3O2/c34-30(32-35)18-17-25-13-15-26(16-14-25)23-33(20-7-1-2-8-24-9-3-4-10-24)21-19-27-22-31-29-12-6-5-11-28(27)29/h5-6,11-18,22,24,31,35H,1-4,7-10,19-21,23H2,(H,32,34)/b18-17+. The predicted octanol–water partition coefficient (Wildman–Crippen LogP) is 6.48. The molecule has 5 nitrogen and oxygen atoms in total. The van der Waals surface area contributed by atoms with Crippen LogP contribution in [0, 0.1) is 5.92 Å². The second-order valence-corrected chi connectivity index (χ2v) is 9.94. The van der Waals surface area contributed by atoms with Crippen LogP contribution in [0.5, 0.6) is 0 Å². The molecule has 4 rings (SSSR count). The SMILES string of the molecule is O=C(/C=C/c1ccc(CN(CCCCCC2CCCC2)CCc2c[nH]c3ccccc23)cc1)NO. The molecule has 1 aliphatic rings. The summed E-state index contributed by atoms with van der Waals surface area (Å²) in [6, 6.07) is 16.9. The molecule has 3 aromatic rings. The molecular formula is C30H39N3O2. The number of hydrogen-bond donors (Lipinski definition) is 3. The first-order valence-electron chi connectivity index (χ1n) is 13.2. The maximum Gasteiger partial charge on any atom is 0.267 e. The van der Waals surface area contributed by atoms with Crippen molar-refractivity contribution in [2.75, 3.05) is 13.1 Å². The number of carbonyl (C=O) groups is 1. The van der Waals surface area contributed by atoms with Crippen LogP contribution < -0.4 is 5.48 Å². The highest BCUT2D eigenvalue weighted by Crippen LogP contribution is 2.29. The van der Waals surface area contributed by atoms with E-state index in [1.54, 1.807) is 11.6 Å². The topological polar surface area (TPSA) is 68.4 Å². The van der Waals surface area contributed by atoms with Gasteiger partial charge in [0.2, 0.25) is 0 Å². The summed E-state index contributed by atoms with van der Waals surface area (Å²) in [7, 11) is 0. The normalized spacial score (nSPS) is 14.5. The van der Waals surface area contributed by atoms with E-state index in [1.807, 2.05) is 12.1 Å². The molecule has 0 unspecified atom stereocenters. The monoisotopic (exact) mass is 473 g/mol. The van der Waals surface area contributed by atoms with Crippen molar-refractivity contribution in [3.8, 4) is 0 Å². The lowest BCUT2D eigenvalue weighted by Crippen LogP contribution is -2.27. The Kier molecular flexibility index (Phi) is 9.56. The van der Waals surface area contributed by atoms with Crippen LogP contribution in [0.3, 0.4) is 0 Å². The van der Waals surface area contributed by atoms with Crippen molar-refractivity contribution in [2.45, 2.75) is 64.3 Å². The lowest BCUT2D eigenvalue weighted by atomic mass is 10.00. The fraction of sp³-hybridized carbons (Fsp3) is 0.433. The average Bonchev–Trinajstić information content (AvgIpc) is 3.56. The summed E-state index contributed by atoms with van der Waals surface area (Å²) in [6.45, 7) is 3.07. The summed E-state index contributed by atoms with van der Waals surface area (Å²) in [6.07, 6.45) is 17.3. The van der Waals surface area contributed by atoms with E-state index >= 15 is 0 Å². The number of para-hydroxylation sites is 1. The number of amides is 1. The van der Waals surface area contributed by atoms with Crippen LogP contribution in [-0.2, 0) is 17.8 Å². The molecular weight excluding hydrogens is 434 g/mol. The van der Waals surface area contributed by atoms with Gasteiger partial charge in [0.05, 0.1) is 0 Å². The highest BCUT2D eigenvalue weighted by Gasteiger charge is 2.14. The Bertz CT molecular complexity index is 1080. The fourth-order valence-electron chi connectivity index (χ4n) is 5.33. The van der Waals surface area contributed by atoms with Gasteiger partial charge in [0, 0.05) is 36.3 Å². The average molecular weight is 474 g/mol. The Balaban J connectivity index is 1.33. The Morgan fingerprint density at radius 3 is 2.63 bits per heavy atom. The van der Waals surface area contributed by atoms with Gasteiger partial charge in [-0.25, -0.2) is 5.48 Å². The van der Waals surface area contributed by atoms with Gasteiger partial charge in [-0.05, 0) is 54.1 Å². The van der Waals surface area contributed by atoms with E-state index < -0.39 is 5.91 Å². The number of nitrogens with zero attached hydrogens (tertiary/aromatic N) is 1. The summed E-state index contributed by atoms with van der Waals surface area (Å²) >= 11 is 0. The van der Waals surface area contributed by atoms with Crippen molar-refractivity contribution in [3.05, 3.63) is 77.5 Å². The zero-order valence-corrected chi connectivity index (χ0v) is 20.7. The molecule has 186 valence electrons. The van der Waals surface area contributed by atoms with Crippen LogP contribution in [0.2, 0.25) is 0 Å². The summed E-state index contributed by atoms with van der Waals surface area (Å²) in [5, 5.41) is 9.96. The molecule has 0 aliphatic heterocycles. The second kappa shape index (κ2) is 13.3. The van der Waals surface area contributed by atoms with Gasteiger partial charge in [0.1, 0.15) is 0 Å². The molecule has 1 aliphatic carbocycles. The van der Waals surface area contributed by atoms with Gasteiger partial charge in [0.15, 0.2) is 0 Å². The summed E-state index contributed by atoms with van der Waals surface area (Å²) in [5.74, 6) is 0.467. The summed E-state index contributed by atoms with van der Waals surface area (Å²) in [4.78, 5) is 17.2. The number of aromatic amines is 1. The molecule has 0 bridgehead atoms. The van der Waals surface area contributed by atoms with E-state index in [0.717, 1.165) is 37.5 Å². The van der Waals surface area contributed by atoms with Gasteiger partial charge in [-0.2, -0.15) is 0 Å². The van der Waals surface area contributed by atoms with Crippen LogP contribution in [-0.4, -0.2) is 34.1 Å². The Labute approximate surface area is 209 Å². The largest absolute Gasteiger partial charge is 0.361 e. The van der Waals surface area contributed by atoms with Gasteiger partial charge in [0.25, 0.3) is 5.91 Å². The first-order chi connectivity index (χ1) is 17.2. The zero-order chi connectivity index (χ0) is 24.3. The fourth-order valence-corrected chi connectivity index (χ4v) is 5.33. The van der Waals surface area contributed by atoms with Crippen LogP contribution >= 0.6 is 0 Å². The number of fused-ring (bicyclic) bond motifs is 1. The number of unbranched alkanes of at least 4 members (excludes halogenated alkanes) is 2. The zero-order valence-electron chi connectivity index (χ0n) is 20.7. The van der Waals surface area contributed by atoms with Gasteiger partial charge < -0.3 is 4.98 Å². The number of hydroxylamine groups is 1. The molecule has 35 heavy (non-hydrogen) atoms. The Hall–Kier alpha value is -2.89. The van der Waals surface area contributed by atoms with E-state index in [-0.39, 0.29) is 0 Å². The number of aromatic nitrogens is 1. The number of benzene rings is 2. The van der Waals surface area contributed by atoms with Gasteiger partial charge in [-0.15, -0.1) is 0 Å². The molecule has 0 radical (unpaired) electrons. The minimum absolute atomic E-state index is 0.523. The molecule has 0 atom stereocenters. The van der Waals surface area contributed by atoms with E-state index in [9.17, 15) is 4.79 Å². The minimum atomic E-state index is -0.523. The molecule has 5 heteroatoms. The Morgan fingerprint density at radius 1 is 1.03 bits per heavy atom. The van der Waals surface area contributed by atoms with Gasteiger partial charge >= 0.3 is 0 Å². The lowest BCUT2D eigenvalue weighted by molar-refractivity contribution is -0.124. The van der Waals surface area contributed by atoms with Gasteiger partial charge in [-0.1, -0.05) is 87.4 Å². The molecule has 1 heterocycles. The third-order valence-corrected chi connectivity index (χ3v) is 7.36. The molecule has 0 spiro atoms. The maximum atomic E-state index is 11.2. The molecule has 1 fully saturated rings. The van der Waals surface area contributed by atoms with Crippen LogP contribution in [0.15, 0.2) is 60.8 Å². The molecule has 1 amide bonds. The number of hydrogen-bond acceptors (Lipinski definition) is 3. The second-order valence-electron chi connectivity index (χ2n) is 9.94. The van der Waals surface area contributed by atoms with Crippen LogP contribution in [0.25, 0.3) is 17.0 Å². The Morgan fingerprint density at radius 2 is 1.83 bits per heavy atom. The third kappa shape index (κ3) is 7.81. The highest BCUT2D eigenvalue weighted by atomic mass is 16.5. The molecule has 3 N–H and O–H groups in total. The van der Waals surface area contributed by atoms with E-state index in [0.29, 0.717) is 0 Å². The molecule has 0 saturated heterocycles. The van der Waals surface area contributed by atoms with Crippen molar-refractivity contribution in [1.82, 2.24) is 15.4 Å². The van der Waals surface area contributed by atoms with Crippen molar-refractivity contribution >= 4 is 22.9 Å².